The minimum Gasteiger partial charge on any atom is -0.392 e. The SMILES string of the molecule is O=c1[nH]c([C@@H]2CCCC[C@H]2O)nc2c(-c3cccnc3)nc(-c3ccc(C(F)(F)F)cc3)cc12. The van der Waals surface area contributed by atoms with Crippen LogP contribution >= 0.6 is 0 Å². The number of H-pyrrole nitrogens is 1. The molecule has 0 aliphatic heterocycles. The van der Waals surface area contributed by atoms with E-state index in [0.717, 1.165) is 31.4 Å². The predicted octanol–water partition coefficient (Wildman–Crippen LogP) is 5.08. The van der Waals surface area contributed by atoms with Crippen LogP contribution in [0.3, 0.4) is 0 Å². The monoisotopic (exact) mass is 466 g/mol. The molecule has 0 bridgehead atoms. The molecule has 1 aliphatic carbocycles. The highest BCUT2D eigenvalue weighted by molar-refractivity contribution is 5.93. The molecule has 2 atom stereocenters. The number of nitrogens with zero attached hydrogens (tertiary/aromatic N) is 3. The molecule has 1 aliphatic rings. The maximum Gasteiger partial charge on any atom is 0.416 e. The van der Waals surface area contributed by atoms with Crippen molar-refractivity contribution in [3.8, 4) is 22.5 Å². The number of rotatable bonds is 3. The van der Waals surface area contributed by atoms with Gasteiger partial charge in [0.25, 0.3) is 5.56 Å². The Hall–Kier alpha value is -3.59. The number of benzene rings is 1. The summed E-state index contributed by atoms with van der Waals surface area (Å²) in [6, 6.07) is 9.68. The first-order valence-electron chi connectivity index (χ1n) is 11.0. The molecule has 1 fully saturated rings. The molecule has 3 heterocycles. The topological polar surface area (TPSA) is 91.8 Å². The third-order valence-electron chi connectivity index (χ3n) is 6.23. The second kappa shape index (κ2) is 8.64. The van der Waals surface area contributed by atoms with Crippen LogP contribution in [-0.4, -0.2) is 31.1 Å². The van der Waals surface area contributed by atoms with Crippen molar-refractivity contribution in [2.24, 2.45) is 0 Å². The highest BCUT2D eigenvalue weighted by Crippen LogP contribution is 2.34. The van der Waals surface area contributed by atoms with Crippen LogP contribution in [0.4, 0.5) is 13.2 Å². The van der Waals surface area contributed by atoms with Gasteiger partial charge in [-0.1, -0.05) is 25.0 Å². The van der Waals surface area contributed by atoms with Crippen LogP contribution < -0.4 is 5.56 Å². The van der Waals surface area contributed by atoms with Crippen molar-refractivity contribution in [2.45, 2.75) is 43.9 Å². The van der Waals surface area contributed by atoms with E-state index in [1.807, 2.05) is 0 Å². The van der Waals surface area contributed by atoms with E-state index >= 15 is 0 Å². The first kappa shape index (κ1) is 22.2. The summed E-state index contributed by atoms with van der Waals surface area (Å²) < 4.78 is 39.0. The van der Waals surface area contributed by atoms with Crippen LogP contribution in [0, 0.1) is 0 Å². The third kappa shape index (κ3) is 4.19. The maximum atomic E-state index is 13.1. The van der Waals surface area contributed by atoms with Gasteiger partial charge in [-0.25, -0.2) is 9.97 Å². The molecule has 174 valence electrons. The Kier molecular flexibility index (Phi) is 5.65. The van der Waals surface area contributed by atoms with Crippen molar-refractivity contribution in [2.75, 3.05) is 0 Å². The molecular weight excluding hydrogens is 445 g/mol. The summed E-state index contributed by atoms with van der Waals surface area (Å²) in [7, 11) is 0. The molecule has 2 N–H and O–H groups in total. The van der Waals surface area contributed by atoms with Gasteiger partial charge in [-0.2, -0.15) is 13.2 Å². The maximum absolute atomic E-state index is 13.1. The number of alkyl halides is 3. The van der Waals surface area contributed by atoms with Crippen LogP contribution in [-0.2, 0) is 6.18 Å². The Bertz CT molecular complexity index is 1390. The third-order valence-corrected chi connectivity index (χ3v) is 6.23. The van der Waals surface area contributed by atoms with Gasteiger partial charge in [-0.05, 0) is 43.2 Å². The molecule has 0 spiro atoms. The first-order chi connectivity index (χ1) is 16.3. The second-order valence-corrected chi connectivity index (χ2v) is 8.48. The number of fused-ring (bicyclic) bond motifs is 1. The van der Waals surface area contributed by atoms with Crippen LogP contribution in [0.2, 0.25) is 0 Å². The average Bonchev–Trinajstić information content (AvgIpc) is 2.84. The fourth-order valence-corrected chi connectivity index (χ4v) is 4.44. The minimum absolute atomic E-state index is 0.262. The van der Waals surface area contributed by atoms with Crippen molar-refractivity contribution in [1.29, 1.82) is 0 Å². The average molecular weight is 466 g/mol. The number of halogens is 3. The smallest absolute Gasteiger partial charge is 0.392 e. The van der Waals surface area contributed by atoms with Crippen LogP contribution in [0.15, 0.2) is 59.7 Å². The van der Waals surface area contributed by atoms with E-state index in [2.05, 4.69) is 15.0 Å². The molecule has 5 rings (SSSR count). The first-order valence-corrected chi connectivity index (χ1v) is 11.0. The summed E-state index contributed by atoms with van der Waals surface area (Å²) in [5.41, 5.74) is 1.01. The Labute approximate surface area is 192 Å². The van der Waals surface area contributed by atoms with E-state index < -0.39 is 23.4 Å². The summed E-state index contributed by atoms with van der Waals surface area (Å²) in [4.78, 5) is 29.5. The lowest BCUT2D eigenvalue weighted by Crippen LogP contribution is -2.26. The van der Waals surface area contributed by atoms with Gasteiger partial charge >= 0.3 is 6.18 Å². The molecule has 9 heteroatoms. The highest BCUT2D eigenvalue weighted by atomic mass is 19.4. The zero-order valence-corrected chi connectivity index (χ0v) is 18.0. The van der Waals surface area contributed by atoms with Gasteiger partial charge < -0.3 is 10.1 Å². The van der Waals surface area contributed by atoms with Gasteiger partial charge in [0.1, 0.15) is 11.3 Å². The fourth-order valence-electron chi connectivity index (χ4n) is 4.44. The van der Waals surface area contributed by atoms with Crippen LogP contribution in [0.5, 0.6) is 0 Å². The molecule has 34 heavy (non-hydrogen) atoms. The zero-order valence-electron chi connectivity index (χ0n) is 18.0. The van der Waals surface area contributed by atoms with E-state index in [0.29, 0.717) is 40.3 Å². The van der Waals surface area contributed by atoms with Gasteiger partial charge in [0.2, 0.25) is 0 Å². The normalized spacial score (nSPS) is 18.8. The summed E-state index contributed by atoms with van der Waals surface area (Å²) in [5.74, 6) is 0.140. The van der Waals surface area contributed by atoms with Gasteiger partial charge in [0, 0.05) is 29.4 Å². The van der Waals surface area contributed by atoms with Crippen molar-refractivity contribution in [3.63, 3.8) is 0 Å². The van der Waals surface area contributed by atoms with E-state index in [1.54, 1.807) is 24.5 Å². The van der Waals surface area contributed by atoms with Crippen molar-refractivity contribution in [1.82, 2.24) is 19.9 Å². The molecular formula is C25H21F3N4O2. The van der Waals surface area contributed by atoms with Crippen LogP contribution in [0.1, 0.15) is 43.0 Å². The second-order valence-electron chi connectivity index (χ2n) is 8.48. The number of aliphatic hydroxyl groups excluding tert-OH is 1. The lowest BCUT2D eigenvalue weighted by molar-refractivity contribution is -0.137. The summed E-state index contributed by atoms with van der Waals surface area (Å²) in [5, 5.41) is 10.7. The molecule has 4 aromatic rings. The Morgan fingerprint density at radius 3 is 2.44 bits per heavy atom. The summed E-state index contributed by atoms with van der Waals surface area (Å²) in [6.45, 7) is 0. The van der Waals surface area contributed by atoms with E-state index in [1.165, 1.54) is 18.2 Å². The largest absolute Gasteiger partial charge is 0.416 e. The van der Waals surface area contributed by atoms with E-state index in [9.17, 15) is 23.1 Å². The summed E-state index contributed by atoms with van der Waals surface area (Å²) >= 11 is 0. The molecule has 1 aromatic carbocycles. The number of nitrogens with one attached hydrogen (secondary N) is 1. The van der Waals surface area contributed by atoms with E-state index in [4.69, 9.17) is 4.98 Å². The number of aromatic nitrogens is 4. The van der Waals surface area contributed by atoms with E-state index in [-0.39, 0.29) is 11.3 Å². The molecule has 0 unspecified atom stereocenters. The molecule has 0 radical (unpaired) electrons. The fraction of sp³-hybridized carbons (Fsp3) is 0.280. The summed E-state index contributed by atoms with van der Waals surface area (Å²) in [6.07, 6.45) is 1.39. The number of aromatic amines is 1. The Morgan fingerprint density at radius 2 is 1.76 bits per heavy atom. The molecule has 3 aromatic heterocycles. The number of hydrogen-bond acceptors (Lipinski definition) is 5. The lowest BCUT2D eigenvalue weighted by atomic mass is 9.86. The van der Waals surface area contributed by atoms with Crippen molar-refractivity contribution < 1.29 is 18.3 Å². The quantitative estimate of drug-likeness (QED) is 0.439. The van der Waals surface area contributed by atoms with Crippen LogP contribution in [0.25, 0.3) is 33.4 Å². The minimum atomic E-state index is -4.45. The zero-order chi connectivity index (χ0) is 23.9. The molecule has 1 saturated carbocycles. The Morgan fingerprint density at radius 1 is 1.00 bits per heavy atom. The van der Waals surface area contributed by atoms with Crippen molar-refractivity contribution >= 4 is 10.9 Å². The number of hydrogen-bond donors (Lipinski definition) is 2. The Balaban J connectivity index is 1.70. The van der Waals surface area contributed by atoms with Gasteiger partial charge in [0.05, 0.1) is 28.4 Å². The van der Waals surface area contributed by atoms with Crippen molar-refractivity contribution in [3.05, 3.63) is 76.6 Å². The number of aliphatic hydroxyl groups is 1. The standard InChI is InChI=1S/C25H21F3N4O2/c26-25(27,28)16-9-7-14(8-10-16)19-12-18-22(21(30-19)15-4-3-11-29-13-15)31-23(32-24(18)34)17-5-1-2-6-20(17)33/h3-4,7-13,17,20,33H,1-2,5-6H2,(H,31,32,34)/t17-,20-/m1/s1. The van der Waals surface area contributed by atoms with Gasteiger partial charge in [-0.15, -0.1) is 0 Å². The molecule has 0 saturated heterocycles. The predicted molar refractivity (Wildman–Crippen MR) is 121 cm³/mol. The van der Waals surface area contributed by atoms with Gasteiger partial charge in [-0.3, -0.25) is 9.78 Å². The molecule has 0 amide bonds. The number of pyridine rings is 2. The lowest BCUT2D eigenvalue weighted by Gasteiger charge is -2.26. The van der Waals surface area contributed by atoms with Gasteiger partial charge in [0.15, 0.2) is 0 Å². The molecule has 6 nitrogen and oxygen atoms in total. The highest BCUT2D eigenvalue weighted by Gasteiger charge is 2.30.